The van der Waals surface area contributed by atoms with Crippen LogP contribution in [0.15, 0.2) is 24.4 Å². The average Bonchev–Trinajstić information content (AvgIpc) is 3.14. The van der Waals surface area contributed by atoms with Crippen LogP contribution in [0.3, 0.4) is 0 Å². The van der Waals surface area contributed by atoms with E-state index in [1.54, 1.807) is 30.9 Å². The van der Waals surface area contributed by atoms with Gasteiger partial charge >= 0.3 is 12.2 Å². The predicted molar refractivity (Wildman–Crippen MR) is 168 cm³/mol. The number of rotatable bonds is 6. The lowest BCUT2D eigenvalue weighted by molar-refractivity contribution is -0.137. The molecule has 0 saturated carbocycles. The van der Waals surface area contributed by atoms with E-state index < -0.39 is 82.4 Å². The zero-order chi connectivity index (χ0) is 34.9. The highest BCUT2D eigenvalue weighted by atomic mass is 35.5. The van der Waals surface area contributed by atoms with E-state index in [-0.39, 0.29) is 47.3 Å². The van der Waals surface area contributed by atoms with E-state index >= 15 is 4.39 Å². The van der Waals surface area contributed by atoms with Crippen LogP contribution in [0.25, 0.3) is 22.2 Å². The third kappa shape index (κ3) is 5.84. The van der Waals surface area contributed by atoms with Gasteiger partial charge in [-0.2, -0.15) is 23.1 Å². The number of anilines is 3. The predicted octanol–water partition coefficient (Wildman–Crippen LogP) is 6.44. The molecule has 2 aliphatic rings. The minimum absolute atomic E-state index is 0.0493. The topological polar surface area (TPSA) is 129 Å². The number of nitrogens with zero attached hydrogens (tertiary/aromatic N) is 6. The van der Waals surface area contributed by atoms with Crippen molar-refractivity contribution in [3.05, 3.63) is 51.9 Å². The zero-order valence-corrected chi connectivity index (χ0v) is 26.9. The van der Waals surface area contributed by atoms with Crippen molar-refractivity contribution in [3.8, 4) is 23.0 Å². The molecule has 256 valence electrons. The van der Waals surface area contributed by atoms with Crippen molar-refractivity contribution in [1.29, 1.82) is 0 Å². The van der Waals surface area contributed by atoms with Gasteiger partial charge in [-0.05, 0) is 45.5 Å². The molecule has 0 aliphatic carbocycles. The summed E-state index contributed by atoms with van der Waals surface area (Å²) in [4.78, 5) is 20.1. The molecule has 2 aliphatic heterocycles. The Labute approximate surface area is 276 Å². The fraction of sp³-hybridized carbons (Fsp3) is 0.419. The second kappa shape index (κ2) is 12.0. The van der Waals surface area contributed by atoms with E-state index in [0.29, 0.717) is 5.56 Å². The van der Waals surface area contributed by atoms with Crippen molar-refractivity contribution >= 4 is 40.0 Å². The largest absolute Gasteiger partial charge is 0.489 e. The normalized spacial score (nSPS) is 19.2. The molecule has 3 atom stereocenters. The van der Waals surface area contributed by atoms with Crippen molar-refractivity contribution in [3.63, 3.8) is 0 Å². The van der Waals surface area contributed by atoms with Gasteiger partial charge in [0.15, 0.2) is 11.6 Å². The summed E-state index contributed by atoms with van der Waals surface area (Å²) in [5.41, 5.74) is 8.98. The van der Waals surface area contributed by atoms with Gasteiger partial charge in [0.25, 0.3) is 5.92 Å². The molecule has 0 spiro atoms. The number of likely N-dealkylation sites (N-methyl/N-ethyl adjacent to an activating group) is 1. The third-order valence-electron chi connectivity index (χ3n) is 8.73. The fourth-order valence-electron chi connectivity index (χ4n) is 6.53. The van der Waals surface area contributed by atoms with Crippen LogP contribution in [-0.2, 0) is 6.18 Å². The summed E-state index contributed by atoms with van der Waals surface area (Å²) in [6, 6.07) is 2.75. The Morgan fingerprint density at radius 1 is 1.17 bits per heavy atom. The molecule has 5 heterocycles. The summed E-state index contributed by atoms with van der Waals surface area (Å²) in [5, 5.41) is -0.549. The number of halogens is 7. The monoisotopic (exact) mass is 696 g/mol. The number of alkyl halides is 5. The van der Waals surface area contributed by atoms with Crippen LogP contribution in [0, 0.1) is 12.7 Å². The number of aryl methyl sites for hydroxylation is 1. The number of hydrogen-bond acceptors (Lipinski definition) is 10. The summed E-state index contributed by atoms with van der Waals surface area (Å²) in [7, 11) is 1.53. The van der Waals surface area contributed by atoms with Gasteiger partial charge in [-0.1, -0.05) is 17.7 Å². The summed E-state index contributed by atoms with van der Waals surface area (Å²) in [5.74, 6) is -4.42. The first-order chi connectivity index (χ1) is 22.5. The molecule has 3 aromatic heterocycles. The molecule has 1 aromatic carbocycles. The van der Waals surface area contributed by atoms with Crippen molar-refractivity contribution < 1.29 is 35.8 Å². The van der Waals surface area contributed by atoms with E-state index in [1.807, 2.05) is 0 Å². The Bertz CT molecular complexity index is 1910. The molecule has 10 nitrogen and oxygen atoms in total. The van der Waals surface area contributed by atoms with Gasteiger partial charge in [0.1, 0.15) is 35.7 Å². The van der Waals surface area contributed by atoms with Gasteiger partial charge in [-0.3, -0.25) is 4.90 Å². The van der Waals surface area contributed by atoms with Crippen LogP contribution in [-0.4, -0.2) is 69.6 Å². The highest BCUT2D eigenvalue weighted by Gasteiger charge is 2.46. The number of nitrogen functional groups attached to an aromatic ring is 2. The van der Waals surface area contributed by atoms with Gasteiger partial charge in [0, 0.05) is 18.2 Å². The molecule has 48 heavy (non-hydrogen) atoms. The first kappa shape index (κ1) is 33.6. The quantitative estimate of drug-likeness (QED) is 0.218. The molecule has 17 heteroatoms. The van der Waals surface area contributed by atoms with Crippen molar-refractivity contribution in [2.75, 3.05) is 43.1 Å². The second-order valence-electron chi connectivity index (χ2n) is 12.0. The number of nitrogens with two attached hydrogens (primary N) is 2. The molecular weight excluding hydrogens is 666 g/mol. The summed E-state index contributed by atoms with van der Waals surface area (Å²) < 4.78 is 101. The summed E-state index contributed by atoms with van der Waals surface area (Å²) in [6.45, 7) is 4.09. The lowest BCUT2D eigenvalue weighted by Crippen LogP contribution is -2.38. The highest BCUT2D eigenvalue weighted by molar-refractivity contribution is 6.36. The number of aromatic nitrogens is 4. The third-order valence-corrected chi connectivity index (χ3v) is 9.09. The Morgan fingerprint density at radius 3 is 2.54 bits per heavy atom. The minimum atomic E-state index is -4.97. The molecule has 1 fully saturated rings. The molecular formula is C31H31ClF6N8O2. The van der Waals surface area contributed by atoms with Crippen LogP contribution in [0.5, 0.6) is 11.8 Å². The Balaban J connectivity index is 1.61. The molecule has 4 N–H and O–H groups in total. The Kier molecular flexibility index (Phi) is 8.38. The number of likely N-dealkylation sites (tertiary alicyclic amines) is 1. The lowest BCUT2D eigenvalue weighted by atomic mass is 9.98. The van der Waals surface area contributed by atoms with Gasteiger partial charge < -0.3 is 25.8 Å². The first-order valence-electron chi connectivity index (χ1n) is 14.9. The molecule has 0 radical (unpaired) electrons. The van der Waals surface area contributed by atoms with Crippen LogP contribution >= 0.6 is 11.6 Å². The standard InChI is InChI=1S/C31H31ClF6N8O2/c1-13-10-18(39)42-24(21(13)31(36,37)38)19-22(32)26-20-25(23(19)33)43-29(48-15(3)17-11-30(34,35)12-45(17)4)44-28(20)46(8-9-47-26)14(2)16-6-5-7-41-27(16)40/h5-7,10,14-15,17H,8-9,11-12H2,1-4H3,(H2,39,42)(H2,40,41)/t14-,15+,17+/m1/s1. The molecule has 0 unspecified atom stereocenters. The van der Waals surface area contributed by atoms with Gasteiger partial charge in [0.2, 0.25) is 0 Å². The maximum atomic E-state index is 16.9. The van der Waals surface area contributed by atoms with Crippen LogP contribution in [0.1, 0.15) is 43.0 Å². The SMILES string of the molecule is Cc1cc(N)nc(-c2c(Cl)c3c4c(nc(O[C@@H](C)[C@@H]5CC(F)(F)CN5C)nc4c2F)N([C@H](C)c2cccnc2N)CCO3)c1C(F)(F)F. The van der Waals surface area contributed by atoms with E-state index in [0.717, 1.165) is 6.07 Å². The van der Waals surface area contributed by atoms with Crippen LogP contribution < -0.4 is 25.8 Å². The lowest BCUT2D eigenvalue weighted by Gasteiger charge is -2.31. The Hall–Kier alpha value is -4.31. The number of pyridine rings is 2. The average molecular weight is 697 g/mol. The maximum Gasteiger partial charge on any atom is 0.418 e. The van der Waals surface area contributed by atoms with Crippen molar-refractivity contribution in [2.45, 2.75) is 57.5 Å². The summed E-state index contributed by atoms with van der Waals surface area (Å²) in [6.07, 6.45) is -4.85. The van der Waals surface area contributed by atoms with Gasteiger partial charge in [0.05, 0.1) is 52.4 Å². The van der Waals surface area contributed by atoms with Crippen molar-refractivity contribution in [1.82, 2.24) is 24.8 Å². The summed E-state index contributed by atoms with van der Waals surface area (Å²) >= 11 is 6.73. The fourth-order valence-corrected chi connectivity index (χ4v) is 6.85. The first-order valence-corrected chi connectivity index (χ1v) is 15.3. The number of ether oxygens (including phenoxy) is 2. The van der Waals surface area contributed by atoms with Gasteiger partial charge in [-0.25, -0.2) is 23.1 Å². The van der Waals surface area contributed by atoms with Gasteiger partial charge in [-0.15, -0.1) is 0 Å². The molecule has 4 aromatic rings. The van der Waals surface area contributed by atoms with Crippen LogP contribution in [0.4, 0.5) is 43.8 Å². The zero-order valence-electron chi connectivity index (χ0n) is 26.2. The highest BCUT2D eigenvalue weighted by Crippen LogP contribution is 2.51. The van der Waals surface area contributed by atoms with E-state index in [2.05, 4.69) is 19.9 Å². The molecule has 1 saturated heterocycles. The van der Waals surface area contributed by atoms with Crippen molar-refractivity contribution in [2.24, 2.45) is 0 Å². The van der Waals surface area contributed by atoms with Crippen LogP contribution in [0.2, 0.25) is 5.02 Å². The number of hydrogen-bond donors (Lipinski definition) is 2. The molecule has 6 rings (SSSR count). The van der Waals surface area contributed by atoms with E-state index in [4.69, 9.17) is 32.5 Å². The smallest absolute Gasteiger partial charge is 0.418 e. The number of benzene rings is 1. The molecule has 0 bridgehead atoms. The van der Waals surface area contributed by atoms with E-state index in [9.17, 15) is 22.0 Å². The minimum Gasteiger partial charge on any atom is -0.489 e. The maximum absolute atomic E-state index is 16.9. The van der Waals surface area contributed by atoms with E-state index in [1.165, 1.54) is 25.1 Å². The molecule has 0 amide bonds. The Morgan fingerprint density at radius 2 is 1.90 bits per heavy atom. The second-order valence-corrected chi connectivity index (χ2v) is 12.4.